The van der Waals surface area contributed by atoms with E-state index in [2.05, 4.69) is 17.3 Å². The third-order valence-electron chi connectivity index (χ3n) is 12.5. The summed E-state index contributed by atoms with van der Waals surface area (Å²) in [6.45, 7) is 22.9. The molecule has 0 radical (unpaired) electrons. The molecule has 16 heteroatoms. The largest absolute Gasteiger partial charge is 0.534 e. The summed E-state index contributed by atoms with van der Waals surface area (Å²) in [5, 5.41) is 13.8. The van der Waals surface area contributed by atoms with Crippen LogP contribution < -0.4 is 14.6 Å². The summed E-state index contributed by atoms with van der Waals surface area (Å²) in [7, 11) is -10.8. The second kappa shape index (κ2) is 18.2. The van der Waals surface area contributed by atoms with Crippen molar-refractivity contribution in [3.8, 4) is 11.5 Å². The number of phenolic OH excluding ortho intramolecular Hbond substituents is 1. The van der Waals surface area contributed by atoms with E-state index in [1.54, 1.807) is 69.3 Å². The lowest BCUT2D eigenvalue weighted by molar-refractivity contribution is -0.111. The Morgan fingerprint density at radius 1 is 0.563 bits per heavy atom. The van der Waals surface area contributed by atoms with Gasteiger partial charge in [-0.2, -0.15) is 21.6 Å². The number of hydrogen-bond donors (Lipinski definition) is 1. The first-order valence-electron chi connectivity index (χ1n) is 22.8. The summed E-state index contributed by atoms with van der Waals surface area (Å²) in [6.07, 6.45) is 9.97. The van der Waals surface area contributed by atoms with E-state index in [4.69, 9.17) is 9.47 Å². The highest BCUT2D eigenvalue weighted by atomic mass is 32.2. The predicted octanol–water partition coefficient (Wildman–Crippen LogP) is 10.5. The Morgan fingerprint density at radius 3 is 1.35 bits per heavy atom. The fourth-order valence-electron chi connectivity index (χ4n) is 9.25. The smallest absolute Gasteiger partial charge is 0.508 e. The number of rotatable bonds is 6. The monoisotopic (exact) mass is 1020 g/mol. The van der Waals surface area contributed by atoms with Gasteiger partial charge in [-0.15, -0.1) is 0 Å². The maximum absolute atomic E-state index is 13.0. The van der Waals surface area contributed by atoms with Crippen LogP contribution in [0.2, 0.25) is 26.2 Å². The van der Waals surface area contributed by atoms with Crippen molar-refractivity contribution >= 4 is 71.3 Å². The maximum Gasteiger partial charge on any atom is 0.534 e. The van der Waals surface area contributed by atoms with Crippen LogP contribution in [0.15, 0.2) is 131 Å². The third-order valence-corrected chi connectivity index (χ3v) is 20.5. The lowest BCUT2D eigenvalue weighted by Crippen LogP contribution is -2.49. The molecule has 8 rings (SSSR count). The Hall–Kier alpha value is -6.63. The number of halogens is 3. The molecule has 2 heterocycles. The number of phenols is 1. The molecule has 0 unspecified atom stereocenters. The van der Waals surface area contributed by atoms with Crippen LogP contribution in [0, 0.1) is 13.8 Å². The first kappa shape index (κ1) is 52.2. The highest BCUT2D eigenvalue weighted by Crippen LogP contribution is 2.45. The van der Waals surface area contributed by atoms with Gasteiger partial charge in [0.15, 0.2) is 11.6 Å². The maximum atomic E-state index is 13.0. The molecule has 4 aromatic carbocycles. The molecule has 0 saturated heterocycles. The number of ether oxygens (including phenoxy) is 2. The van der Waals surface area contributed by atoms with Crippen molar-refractivity contribution in [3.63, 3.8) is 0 Å². The van der Waals surface area contributed by atoms with Gasteiger partial charge in [0.25, 0.3) is 0 Å². The fraction of sp³-hybridized carbons (Fsp3) is 0.273. The van der Waals surface area contributed by atoms with Crippen LogP contribution in [0.25, 0.3) is 11.1 Å². The van der Waals surface area contributed by atoms with E-state index in [0.29, 0.717) is 27.5 Å². The van der Waals surface area contributed by atoms with E-state index in [-0.39, 0.29) is 23.3 Å². The first-order chi connectivity index (χ1) is 32.7. The lowest BCUT2D eigenvalue weighted by Gasteiger charge is -2.38. The molecule has 0 atom stereocenters. The van der Waals surface area contributed by atoms with Crippen molar-refractivity contribution < 1.29 is 59.5 Å². The zero-order chi connectivity index (χ0) is 52.6. The van der Waals surface area contributed by atoms with Gasteiger partial charge in [-0.1, -0.05) is 62.6 Å². The van der Waals surface area contributed by atoms with E-state index >= 15 is 0 Å². The van der Waals surface area contributed by atoms with E-state index in [1.165, 1.54) is 30.4 Å². The molecule has 4 aliphatic rings. The van der Waals surface area contributed by atoms with Crippen LogP contribution in [-0.4, -0.2) is 69.9 Å². The Labute approximate surface area is 414 Å². The van der Waals surface area contributed by atoms with E-state index in [1.807, 2.05) is 78.1 Å². The van der Waals surface area contributed by atoms with Crippen LogP contribution in [0.3, 0.4) is 0 Å². The minimum absolute atomic E-state index is 0.00993. The van der Waals surface area contributed by atoms with Crippen LogP contribution >= 0.6 is 0 Å². The van der Waals surface area contributed by atoms with Crippen molar-refractivity contribution in [1.29, 1.82) is 0 Å². The summed E-state index contributed by atoms with van der Waals surface area (Å²) in [5.41, 5.74) is 2.79. The standard InChI is InChI=1S/C28H27F3O6SSi.C27H28O4Si/c1-16-13-17(26(33)36-27(2,3)4)7-10-20(16)25-21-11-8-18(32)14-23(21)39(5,6)24-15-19(9-12-22(24)25)37-38(34,35)28(29,30)31;1-16-13-17(26(30)31-27(2,3)4)7-10-20(16)25-21-11-8-18(28)14-23(21)32(5,6)24-15-19(29)9-12-22(24)25/h7-15H,1-6H3;7-15,28H,1-6H3. The van der Waals surface area contributed by atoms with Gasteiger partial charge in [-0.25, -0.2) is 9.59 Å². The third kappa shape index (κ3) is 10.4. The molecule has 2 aliphatic carbocycles. The average molecular weight is 1020 g/mol. The van der Waals surface area contributed by atoms with Crippen LogP contribution in [0.1, 0.15) is 95.6 Å². The average Bonchev–Trinajstić information content (AvgIpc) is 3.24. The molecule has 0 saturated carbocycles. The highest BCUT2D eigenvalue weighted by molar-refractivity contribution is 7.88. The van der Waals surface area contributed by atoms with E-state index in [9.17, 15) is 45.9 Å². The van der Waals surface area contributed by atoms with Gasteiger partial charge in [0.2, 0.25) is 0 Å². The van der Waals surface area contributed by atoms with E-state index in [0.717, 1.165) is 60.1 Å². The number of aromatic hydroxyl groups is 1. The number of hydrogen-bond acceptors (Lipinski definition) is 10. The molecular formula is C55H55F3O10SSi2. The summed E-state index contributed by atoms with van der Waals surface area (Å²) >= 11 is 0. The fourth-order valence-corrected chi connectivity index (χ4v) is 15.8. The Kier molecular flexibility index (Phi) is 13.4. The highest BCUT2D eigenvalue weighted by Gasteiger charge is 2.49. The van der Waals surface area contributed by atoms with Gasteiger partial charge in [-0.3, -0.25) is 9.59 Å². The van der Waals surface area contributed by atoms with Crippen molar-refractivity contribution in [1.82, 2.24) is 0 Å². The summed E-state index contributed by atoms with van der Waals surface area (Å²) in [4.78, 5) is 49.9. The molecule has 370 valence electrons. The van der Waals surface area contributed by atoms with Crippen molar-refractivity contribution in [2.75, 3.05) is 0 Å². The van der Waals surface area contributed by atoms with Gasteiger partial charge < -0.3 is 18.8 Å². The summed E-state index contributed by atoms with van der Waals surface area (Å²) < 4.78 is 77.7. The van der Waals surface area contributed by atoms with E-state index < -0.39 is 54.7 Å². The van der Waals surface area contributed by atoms with Crippen molar-refractivity contribution in [2.45, 2.75) is 98.3 Å². The van der Waals surface area contributed by atoms with Gasteiger partial charge in [0.05, 0.1) is 11.1 Å². The quantitative estimate of drug-likeness (QED) is 0.0856. The molecule has 0 spiro atoms. The van der Waals surface area contributed by atoms with Gasteiger partial charge in [0.1, 0.15) is 38.8 Å². The summed E-state index contributed by atoms with van der Waals surface area (Å²) in [5.74, 6) is -1.31. The number of carbonyl (C=O) groups excluding carboxylic acids is 4. The second-order valence-corrected chi connectivity index (χ2v) is 31.1. The lowest BCUT2D eigenvalue weighted by atomic mass is 9.87. The topological polar surface area (TPSA) is 150 Å². The Balaban J connectivity index is 0.000000213. The summed E-state index contributed by atoms with van der Waals surface area (Å²) in [6, 6.07) is 20.2. The molecule has 0 amide bonds. The van der Waals surface area contributed by atoms with Gasteiger partial charge >= 0.3 is 27.6 Å². The number of esters is 2. The zero-order valence-electron chi connectivity index (χ0n) is 41.6. The Bertz CT molecular complexity index is 3300. The number of alkyl halides is 3. The first-order valence-corrected chi connectivity index (χ1v) is 30.2. The van der Waals surface area contributed by atoms with Crippen molar-refractivity contribution in [3.05, 3.63) is 175 Å². The molecule has 0 aromatic heterocycles. The molecule has 10 nitrogen and oxygen atoms in total. The normalized spacial score (nSPS) is 16.9. The molecular weight excluding hydrogens is 966 g/mol. The number of aryl methyl sites for hydroxylation is 2. The van der Waals surface area contributed by atoms with Crippen LogP contribution in [0.5, 0.6) is 11.5 Å². The molecule has 1 N–H and O–H groups in total. The molecule has 71 heavy (non-hydrogen) atoms. The second-order valence-electron chi connectivity index (χ2n) is 20.9. The molecule has 4 aromatic rings. The SMILES string of the molecule is Cc1cc(C(=O)OC(C)(C)C)ccc1C1=C2C=CC(=O)C=C2[Si](C)(C)c2cc(O)ccc21.Cc1cc(C(=O)OC(C)(C)C)ccc1C1=C2C=CC(=O)C=C2[Si](C)(C)c2cc(OS(=O)(=O)C(F)(F)F)ccc21. The van der Waals surface area contributed by atoms with Crippen molar-refractivity contribution in [2.24, 2.45) is 0 Å². The van der Waals surface area contributed by atoms with Gasteiger partial charge in [-0.05, 0) is 205 Å². The minimum Gasteiger partial charge on any atom is -0.508 e. The molecule has 2 aliphatic heterocycles. The number of carbonyl (C=O) groups is 4. The minimum atomic E-state index is -5.87. The number of fused-ring (bicyclic) bond motifs is 4. The molecule has 0 bridgehead atoms. The zero-order valence-corrected chi connectivity index (χ0v) is 44.4. The number of benzene rings is 4. The predicted molar refractivity (Wildman–Crippen MR) is 274 cm³/mol. The van der Waals surface area contributed by atoms with Crippen LogP contribution in [-0.2, 0) is 29.2 Å². The number of allylic oxidation sites excluding steroid dienone is 10. The number of ketones is 2. The Morgan fingerprint density at radius 2 is 0.958 bits per heavy atom. The van der Waals surface area contributed by atoms with Crippen LogP contribution in [0.4, 0.5) is 13.2 Å². The molecule has 0 fully saturated rings. The van der Waals surface area contributed by atoms with Gasteiger partial charge in [0, 0.05) is 0 Å².